The third-order valence-corrected chi connectivity index (χ3v) is 6.39. The molecule has 0 spiro atoms. The van der Waals surface area contributed by atoms with Crippen LogP contribution < -0.4 is 21.3 Å². The molecule has 0 aliphatic rings. The Bertz CT molecular complexity index is 1670. The maximum absolute atomic E-state index is 12.8. The summed E-state index contributed by atoms with van der Waals surface area (Å²) < 4.78 is 0. The van der Waals surface area contributed by atoms with Crippen LogP contribution in [-0.4, -0.2) is 22.8 Å². The van der Waals surface area contributed by atoms with E-state index >= 15 is 0 Å². The standard InChI is InChI=1S/C34H28N4O4/c39-31(35-27-8-3-1-4-9-27)23-14-18-25(19-15-23)33(41)37-29-12-7-13-30(22-29)38-34(42)26-20-16-24(17-21-26)32(40)36-28-10-5-2-6-11-28/h1-22,33,37,41H,(H,35,39)(H,36,40)(H,38,42). The fraction of sp³-hybridized carbons (Fsp3) is 0.0294. The Morgan fingerprint density at radius 3 is 1.31 bits per heavy atom. The monoisotopic (exact) mass is 556 g/mol. The Labute approximate surface area is 243 Å². The molecule has 1 unspecified atom stereocenters. The van der Waals surface area contributed by atoms with Crippen molar-refractivity contribution in [3.8, 4) is 0 Å². The highest BCUT2D eigenvalue weighted by molar-refractivity contribution is 6.07. The number of aliphatic hydroxyl groups is 1. The second-order valence-electron chi connectivity index (χ2n) is 9.42. The van der Waals surface area contributed by atoms with Gasteiger partial charge in [-0.05, 0) is 78.9 Å². The van der Waals surface area contributed by atoms with Crippen molar-refractivity contribution in [1.82, 2.24) is 0 Å². The minimum Gasteiger partial charge on any atom is -0.369 e. The molecule has 5 aromatic rings. The molecule has 5 rings (SSSR count). The topological polar surface area (TPSA) is 120 Å². The first-order valence-electron chi connectivity index (χ1n) is 13.2. The summed E-state index contributed by atoms with van der Waals surface area (Å²) in [6.07, 6.45) is -1.04. The average molecular weight is 557 g/mol. The van der Waals surface area contributed by atoms with E-state index in [4.69, 9.17) is 0 Å². The van der Waals surface area contributed by atoms with Gasteiger partial charge in [0.25, 0.3) is 17.7 Å². The second kappa shape index (κ2) is 13.1. The normalized spacial score (nSPS) is 11.2. The number of benzene rings is 5. The van der Waals surface area contributed by atoms with Crippen LogP contribution in [0.15, 0.2) is 133 Å². The predicted octanol–water partition coefficient (Wildman–Crippen LogP) is 6.55. The molecule has 0 saturated carbocycles. The van der Waals surface area contributed by atoms with Crippen LogP contribution in [0.1, 0.15) is 42.9 Å². The minimum absolute atomic E-state index is 0.247. The van der Waals surface area contributed by atoms with Crippen molar-refractivity contribution in [3.63, 3.8) is 0 Å². The molecule has 5 aromatic carbocycles. The molecule has 8 heteroatoms. The van der Waals surface area contributed by atoms with Crippen molar-refractivity contribution in [2.75, 3.05) is 21.3 Å². The van der Waals surface area contributed by atoms with Crippen molar-refractivity contribution in [3.05, 3.63) is 156 Å². The number of para-hydroxylation sites is 2. The smallest absolute Gasteiger partial charge is 0.255 e. The Kier molecular flexibility index (Phi) is 8.67. The summed E-state index contributed by atoms with van der Waals surface area (Å²) in [5.74, 6) is -0.855. The zero-order chi connectivity index (χ0) is 29.3. The minimum atomic E-state index is -1.04. The summed E-state index contributed by atoms with van der Waals surface area (Å²) in [5, 5.41) is 22.2. The quantitative estimate of drug-likeness (QED) is 0.132. The van der Waals surface area contributed by atoms with E-state index in [0.717, 1.165) is 0 Å². The van der Waals surface area contributed by atoms with Gasteiger partial charge in [0.05, 0.1) is 0 Å². The lowest BCUT2D eigenvalue weighted by Gasteiger charge is -2.16. The molecule has 0 radical (unpaired) electrons. The largest absolute Gasteiger partial charge is 0.369 e. The van der Waals surface area contributed by atoms with Crippen molar-refractivity contribution >= 4 is 40.5 Å². The second-order valence-corrected chi connectivity index (χ2v) is 9.42. The third kappa shape index (κ3) is 7.26. The maximum Gasteiger partial charge on any atom is 0.255 e. The molecular weight excluding hydrogens is 528 g/mol. The summed E-state index contributed by atoms with van der Waals surface area (Å²) >= 11 is 0. The SMILES string of the molecule is O=C(Nc1ccccc1)c1ccc(C(=O)Nc2cccc(NC(O)c3ccc(C(=O)Nc4ccccc4)cc3)c2)cc1. The summed E-state index contributed by atoms with van der Waals surface area (Å²) in [7, 11) is 0. The average Bonchev–Trinajstić information content (AvgIpc) is 3.02. The van der Waals surface area contributed by atoms with Gasteiger partial charge in [0.15, 0.2) is 6.23 Å². The van der Waals surface area contributed by atoms with E-state index in [9.17, 15) is 19.5 Å². The van der Waals surface area contributed by atoms with Gasteiger partial charge in [-0.15, -0.1) is 0 Å². The van der Waals surface area contributed by atoms with Crippen molar-refractivity contribution in [2.24, 2.45) is 0 Å². The number of hydrogen-bond donors (Lipinski definition) is 5. The third-order valence-electron chi connectivity index (χ3n) is 6.39. The number of carbonyl (C=O) groups excluding carboxylic acids is 3. The first-order chi connectivity index (χ1) is 20.4. The Morgan fingerprint density at radius 1 is 0.452 bits per heavy atom. The maximum atomic E-state index is 12.8. The number of amides is 3. The van der Waals surface area contributed by atoms with Crippen LogP contribution in [0.5, 0.6) is 0 Å². The molecule has 0 aliphatic carbocycles. The molecule has 8 nitrogen and oxygen atoms in total. The Balaban J connectivity index is 1.16. The fourth-order valence-corrected chi connectivity index (χ4v) is 4.17. The van der Waals surface area contributed by atoms with E-state index in [1.165, 1.54) is 0 Å². The van der Waals surface area contributed by atoms with E-state index in [2.05, 4.69) is 21.3 Å². The van der Waals surface area contributed by atoms with Crippen LogP contribution in [0.3, 0.4) is 0 Å². The van der Waals surface area contributed by atoms with Gasteiger partial charge in [-0.1, -0.05) is 54.6 Å². The lowest BCUT2D eigenvalue weighted by molar-refractivity contribution is 0.101. The molecule has 0 heterocycles. The molecule has 208 valence electrons. The van der Waals surface area contributed by atoms with E-state index in [0.29, 0.717) is 45.0 Å². The van der Waals surface area contributed by atoms with Crippen LogP contribution in [-0.2, 0) is 0 Å². The van der Waals surface area contributed by atoms with E-state index < -0.39 is 6.23 Å². The fourth-order valence-electron chi connectivity index (χ4n) is 4.17. The lowest BCUT2D eigenvalue weighted by Crippen LogP contribution is -2.15. The van der Waals surface area contributed by atoms with Crippen LogP contribution in [0, 0.1) is 0 Å². The zero-order valence-corrected chi connectivity index (χ0v) is 22.5. The van der Waals surface area contributed by atoms with Gasteiger partial charge in [0.1, 0.15) is 0 Å². The lowest BCUT2D eigenvalue weighted by atomic mass is 10.1. The highest BCUT2D eigenvalue weighted by Gasteiger charge is 2.13. The van der Waals surface area contributed by atoms with Crippen LogP contribution >= 0.6 is 0 Å². The van der Waals surface area contributed by atoms with Crippen LogP contribution in [0.4, 0.5) is 22.7 Å². The highest BCUT2D eigenvalue weighted by Crippen LogP contribution is 2.22. The van der Waals surface area contributed by atoms with Gasteiger partial charge in [0, 0.05) is 45.0 Å². The number of carbonyl (C=O) groups is 3. The number of hydrogen-bond acceptors (Lipinski definition) is 5. The van der Waals surface area contributed by atoms with E-state index in [-0.39, 0.29) is 17.7 Å². The van der Waals surface area contributed by atoms with E-state index in [1.807, 2.05) is 36.4 Å². The zero-order valence-electron chi connectivity index (χ0n) is 22.5. The van der Waals surface area contributed by atoms with Gasteiger partial charge < -0.3 is 26.4 Å². The first kappa shape index (κ1) is 27.8. The molecule has 0 aromatic heterocycles. The van der Waals surface area contributed by atoms with Gasteiger partial charge in [-0.3, -0.25) is 14.4 Å². The van der Waals surface area contributed by atoms with Crippen LogP contribution in [0.2, 0.25) is 0 Å². The number of nitrogens with one attached hydrogen (secondary N) is 4. The van der Waals surface area contributed by atoms with Crippen molar-refractivity contribution in [1.29, 1.82) is 0 Å². The Hall–Kier alpha value is -5.73. The molecule has 0 saturated heterocycles. The van der Waals surface area contributed by atoms with E-state index in [1.54, 1.807) is 97.1 Å². The summed E-state index contributed by atoms with van der Waals surface area (Å²) in [6.45, 7) is 0. The van der Waals surface area contributed by atoms with Gasteiger partial charge in [-0.2, -0.15) is 0 Å². The molecule has 42 heavy (non-hydrogen) atoms. The summed E-state index contributed by atoms with van der Waals surface area (Å²) in [6, 6.07) is 38.2. The molecular formula is C34H28N4O4. The number of anilines is 4. The molecule has 1 atom stereocenters. The number of rotatable bonds is 9. The molecule has 0 fully saturated rings. The predicted molar refractivity (Wildman–Crippen MR) is 165 cm³/mol. The highest BCUT2D eigenvalue weighted by atomic mass is 16.3. The Morgan fingerprint density at radius 2 is 0.833 bits per heavy atom. The van der Waals surface area contributed by atoms with Crippen LogP contribution in [0.25, 0.3) is 0 Å². The van der Waals surface area contributed by atoms with Crippen molar-refractivity contribution in [2.45, 2.75) is 6.23 Å². The van der Waals surface area contributed by atoms with Gasteiger partial charge in [0.2, 0.25) is 0 Å². The molecule has 0 bridgehead atoms. The first-order valence-corrected chi connectivity index (χ1v) is 13.2. The molecule has 0 aliphatic heterocycles. The van der Waals surface area contributed by atoms with Gasteiger partial charge >= 0.3 is 0 Å². The molecule has 3 amide bonds. The van der Waals surface area contributed by atoms with Gasteiger partial charge in [-0.25, -0.2) is 0 Å². The van der Waals surface area contributed by atoms with Crippen molar-refractivity contribution < 1.29 is 19.5 Å². The number of aliphatic hydroxyl groups excluding tert-OH is 1. The summed E-state index contributed by atoms with van der Waals surface area (Å²) in [4.78, 5) is 37.8. The molecule has 5 N–H and O–H groups in total. The summed E-state index contributed by atoms with van der Waals surface area (Å²) in [5.41, 5.74) is 4.34.